The van der Waals surface area contributed by atoms with Gasteiger partial charge < -0.3 is 0 Å². The zero-order chi connectivity index (χ0) is 11.9. The molecule has 1 aliphatic rings. The first-order chi connectivity index (χ1) is 8.17. The molecule has 3 rings (SSSR count). The Morgan fingerprint density at radius 2 is 1.76 bits per heavy atom. The van der Waals surface area contributed by atoms with Gasteiger partial charge >= 0.3 is 0 Å². The molecule has 0 fully saturated rings. The van der Waals surface area contributed by atoms with Crippen LogP contribution in [-0.2, 0) is 5.41 Å². The van der Waals surface area contributed by atoms with E-state index >= 15 is 0 Å². The molecular weight excluding hydrogens is 210 g/mol. The largest absolute Gasteiger partial charge is 0.260 e. The Balaban J connectivity index is 2.10. The number of aliphatic imine (C=N–C) groups is 1. The van der Waals surface area contributed by atoms with Gasteiger partial charge in [-0.05, 0) is 17.2 Å². The normalized spacial score (nSPS) is 15.9. The smallest absolute Gasteiger partial charge is 0.115 e. The monoisotopic (exact) mass is 223 g/mol. The van der Waals surface area contributed by atoms with Crippen molar-refractivity contribution in [3.05, 3.63) is 42.5 Å². The van der Waals surface area contributed by atoms with Crippen molar-refractivity contribution in [3.8, 4) is 11.1 Å². The van der Waals surface area contributed by atoms with Crippen LogP contribution in [0.25, 0.3) is 11.1 Å². The lowest BCUT2D eigenvalue weighted by Crippen LogP contribution is -2.14. The summed E-state index contributed by atoms with van der Waals surface area (Å²) in [6.07, 6.45) is 7.18. The van der Waals surface area contributed by atoms with Gasteiger partial charge in [0.05, 0.1) is 5.69 Å². The Hall–Kier alpha value is -2.03. The van der Waals surface area contributed by atoms with Gasteiger partial charge in [0, 0.05) is 29.6 Å². The molecule has 1 aromatic heterocycles. The maximum atomic E-state index is 4.47. The summed E-state index contributed by atoms with van der Waals surface area (Å²) in [6, 6.07) is 6.35. The first kappa shape index (κ1) is 10.1. The topological polar surface area (TPSA) is 38.1 Å². The van der Waals surface area contributed by atoms with Crippen LogP contribution in [0.5, 0.6) is 0 Å². The fraction of sp³-hybridized carbons (Fsp3) is 0.214. The predicted octanol–water partition coefficient (Wildman–Crippen LogP) is 3.14. The molecule has 17 heavy (non-hydrogen) atoms. The van der Waals surface area contributed by atoms with E-state index in [1.54, 1.807) is 0 Å². The lowest BCUT2D eigenvalue weighted by Gasteiger charge is -2.15. The lowest BCUT2D eigenvalue weighted by molar-refractivity contribution is 0.753. The van der Waals surface area contributed by atoms with Crippen molar-refractivity contribution < 1.29 is 0 Å². The highest BCUT2D eigenvalue weighted by Crippen LogP contribution is 2.38. The third-order valence-electron chi connectivity index (χ3n) is 3.11. The van der Waals surface area contributed by atoms with E-state index in [1.165, 1.54) is 11.9 Å². The third kappa shape index (κ3) is 1.64. The van der Waals surface area contributed by atoms with Gasteiger partial charge in [-0.3, -0.25) is 4.99 Å². The van der Waals surface area contributed by atoms with Gasteiger partial charge in [0.1, 0.15) is 6.33 Å². The van der Waals surface area contributed by atoms with E-state index in [2.05, 4.69) is 47.0 Å². The van der Waals surface area contributed by atoms with E-state index in [0.717, 1.165) is 16.8 Å². The van der Waals surface area contributed by atoms with Crippen molar-refractivity contribution in [2.75, 3.05) is 0 Å². The molecule has 0 bridgehead atoms. The molecule has 0 amide bonds. The summed E-state index contributed by atoms with van der Waals surface area (Å²) in [5.74, 6) is 0. The Morgan fingerprint density at radius 3 is 2.53 bits per heavy atom. The molecule has 0 unspecified atom stereocenters. The van der Waals surface area contributed by atoms with Crippen molar-refractivity contribution in [1.29, 1.82) is 0 Å². The summed E-state index contributed by atoms with van der Waals surface area (Å²) < 4.78 is 0. The van der Waals surface area contributed by atoms with Crippen LogP contribution in [0.15, 0.2) is 41.9 Å². The third-order valence-corrected chi connectivity index (χ3v) is 3.11. The second kappa shape index (κ2) is 3.48. The standard InChI is InChI=1S/C14H13N3/c1-14(2)8-17-13-5-10(3-4-12(13)14)11-6-15-9-16-7-11/h3-9H,1-2H3. The lowest BCUT2D eigenvalue weighted by atomic mass is 9.86. The van der Waals surface area contributed by atoms with Gasteiger partial charge in [0.25, 0.3) is 0 Å². The van der Waals surface area contributed by atoms with Crippen LogP contribution >= 0.6 is 0 Å². The quantitative estimate of drug-likeness (QED) is 0.744. The summed E-state index contributed by atoms with van der Waals surface area (Å²) in [4.78, 5) is 12.5. The highest BCUT2D eigenvalue weighted by molar-refractivity contribution is 5.86. The number of nitrogens with zero attached hydrogens (tertiary/aromatic N) is 3. The van der Waals surface area contributed by atoms with Crippen molar-refractivity contribution in [2.24, 2.45) is 4.99 Å². The van der Waals surface area contributed by atoms with Crippen LogP contribution in [0.3, 0.4) is 0 Å². The van der Waals surface area contributed by atoms with Crippen LogP contribution in [0, 0.1) is 0 Å². The van der Waals surface area contributed by atoms with Gasteiger partial charge in [-0.25, -0.2) is 9.97 Å². The molecule has 0 spiro atoms. The van der Waals surface area contributed by atoms with E-state index < -0.39 is 0 Å². The van der Waals surface area contributed by atoms with Gasteiger partial charge in [0.15, 0.2) is 0 Å². The van der Waals surface area contributed by atoms with Gasteiger partial charge in [0.2, 0.25) is 0 Å². The summed E-state index contributed by atoms with van der Waals surface area (Å²) in [7, 11) is 0. The number of benzene rings is 1. The summed E-state index contributed by atoms with van der Waals surface area (Å²) in [5.41, 5.74) is 4.50. The first-order valence-electron chi connectivity index (χ1n) is 5.62. The van der Waals surface area contributed by atoms with Crippen molar-refractivity contribution >= 4 is 11.9 Å². The number of hydrogen-bond acceptors (Lipinski definition) is 3. The molecule has 3 heteroatoms. The fourth-order valence-corrected chi connectivity index (χ4v) is 2.11. The molecule has 2 aromatic rings. The molecule has 0 N–H and O–H groups in total. The molecule has 2 heterocycles. The maximum absolute atomic E-state index is 4.47. The highest BCUT2D eigenvalue weighted by Gasteiger charge is 2.26. The minimum atomic E-state index is 0.0427. The van der Waals surface area contributed by atoms with Gasteiger partial charge in [-0.2, -0.15) is 0 Å². The summed E-state index contributed by atoms with van der Waals surface area (Å²) >= 11 is 0. The minimum absolute atomic E-state index is 0.0427. The Morgan fingerprint density at radius 1 is 1.00 bits per heavy atom. The van der Waals surface area contributed by atoms with Crippen LogP contribution < -0.4 is 0 Å². The number of hydrogen-bond donors (Lipinski definition) is 0. The van der Waals surface area contributed by atoms with Crippen molar-refractivity contribution in [1.82, 2.24) is 9.97 Å². The van der Waals surface area contributed by atoms with E-state index in [4.69, 9.17) is 0 Å². The Kier molecular flexibility index (Phi) is 2.08. The summed E-state index contributed by atoms with van der Waals surface area (Å²) in [6.45, 7) is 4.35. The molecule has 3 nitrogen and oxygen atoms in total. The average Bonchev–Trinajstić information content (AvgIpc) is 2.66. The highest BCUT2D eigenvalue weighted by atomic mass is 14.8. The molecule has 0 aliphatic carbocycles. The van der Waals surface area contributed by atoms with Crippen molar-refractivity contribution in [3.63, 3.8) is 0 Å². The molecule has 0 saturated heterocycles. The average molecular weight is 223 g/mol. The maximum Gasteiger partial charge on any atom is 0.115 e. The molecule has 1 aromatic carbocycles. The number of fused-ring (bicyclic) bond motifs is 1. The van der Waals surface area contributed by atoms with Crippen LogP contribution in [-0.4, -0.2) is 16.2 Å². The number of aromatic nitrogens is 2. The Bertz CT molecular complexity index is 586. The molecule has 0 atom stereocenters. The second-order valence-corrected chi connectivity index (χ2v) is 4.84. The molecule has 0 saturated carbocycles. The van der Waals surface area contributed by atoms with Crippen LogP contribution in [0.2, 0.25) is 0 Å². The van der Waals surface area contributed by atoms with E-state index in [-0.39, 0.29) is 5.41 Å². The molecule has 1 aliphatic heterocycles. The van der Waals surface area contributed by atoms with E-state index in [0.29, 0.717) is 0 Å². The zero-order valence-corrected chi connectivity index (χ0v) is 9.88. The molecular formula is C14H13N3. The SMILES string of the molecule is CC1(C)C=Nc2cc(-c3cncnc3)ccc21. The molecule has 0 radical (unpaired) electrons. The van der Waals surface area contributed by atoms with Crippen molar-refractivity contribution in [2.45, 2.75) is 19.3 Å². The fourth-order valence-electron chi connectivity index (χ4n) is 2.11. The number of rotatable bonds is 1. The predicted molar refractivity (Wildman–Crippen MR) is 68.6 cm³/mol. The first-order valence-corrected chi connectivity index (χ1v) is 5.62. The van der Waals surface area contributed by atoms with Gasteiger partial charge in [-0.15, -0.1) is 0 Å². The van der Waals surface area contributed by atoms with E-state index in [9.17, 15) is 0 Å². The van der Waals surface area contributed by atoms with Crippen LogP contribution in [0.1, 0.15) is 19.4 Å². The zero-order valence-electron chi connectivity index (χ0n) is 9.88. The molecule has 84 valence electrons. The summed E-state index contributed by atoms with van der Waals surface area (Å²) in [5, 5.41) is 0. The van der Waals surface area contributed by atoms with E-state index in [1.807, 2.05) is 18.6 Å². The Labute approximate surface area is 100 Å². The minimum Gasteiger partial charge on any atom is -0.260 e. The van der Waals surface area contributed by atoms with Crippen LogP contribution in [0.4, 0.5) is 5.69 Å². The van der Waals surface area contributed by atoms with Gasteiger partial charge in [-0.1, -0.05) is 26.0 Å². The second-order valence-electron chi connectivity index (χ2n) is 4.84.